The molecule has 0 aliphatic carbocycles. The number of aliphatic hydroxyl groups excluding tert-OH is 1. The summed E-state index contributed by atoms with van der Waals surface area (Å²) >= 11 is 0. The normalized spacial score (nSPS) is 19.7. The van der Waals surface area contributed by atoms with E-state index in [4.69, 9.17) is 9.15 Å². The number of furan rings is 1. The number of anilines is 1. The standard InChI is InChI=1S/C26H23NO5/c1-15-6-3-4-8-19(15)27-23(21-11-9-16(2)32-21)22(25(29)26(27)30)24(28)18-10-12-20-17(14-18)7-5-13-31-20/h3-4,6,8-12,14,23,28H,5,7,13H2,1-2H3/b24-22-. The first-order chi connectivity index (χ1) is 15.5. The number of ether oxygens (including phenoxy) is 1. The fourth-order valence-corrected chi connectivity index (χ4v) is 4.45. The van der Waals surface area contributed by atoms with Gasteiger partial charge in [0.1, 0.15) is 29.1 Å². The smallest absolute Gasteiger partial charge is 0.300 e. The van der Waals surface area contributed by atoms with E-state index in [-0.39, 0.29) is 11.3 Å². The van der Waals surface area contributed by atoms with Crippen molar-refractivity contribution in [2.24, 2.45) is 0 Å². The molecule has 3 aromatic rings. The van der Waals surface area contributed by atoms with Crippen molar-refractivity contribution in [3.63, 3.8) is 0 Å². The van der Waals surface area contributed by atoms with Crippen molar-refractivity contribution >= 4 is 23.1 Å². The third kappa shape index (κ3) is 3.19. The summed E-state index contributed by atoms with van der Waals surface area (Å²) in [7, 11) is 0. The van der Waals surface area contributed by atoms with E-state index in [0.717, 1.165) is 29.7 Å². The van der Waals surface area contributed by atoms with Gasteiger partial charge in [-0.2, -0.15) is 0 Å². The topological polar surface area (TPSA) is 80.0 Å². The summed E-state index contributed by atoms with van der Waals surface area (Å²) in [5.41, 5.74) is 2.91. The molecule has 3 heterocycles. The molecule has 2 aliphatic rings. The third-order valence-corrected chi connectivity index (χ3v) is 6.03. The Hall–Kier alpha value is -3.80. The largest absolute Gasteiger partial charge is 0.507 e. The molecule has 6 nitrogen and oxygen atoms in total. The highest BCUT2D eigenvalue weighted by atomic mass is 16.5. The van der Waals surface area contributed by atoms with Crippen LogP contribution in [0, 0.1) is 13.8 Å². The Bertz CT molecular complexity index is 1270. The zero-order valence-electron chi connectivity index (χ0n) is 17.9. The predicted molar refractivity (Wildman–Crippen MR) is 120 cm³/mol. The summed E-state index contributed by atoms with van der Waals surface area (Å²) in [5.74, 6) is 0.215. The number of fused-ring (bicyclic) bond motifs is 1. The molecule has 2 aliphatic heterocycles. The first-order valence-corrected chi connectivity index (χ1v) is 10.6. The number of benzene rings is 2. The fraction of sp³-hybridized carbons (Fsp3) is 0.231. The summed E-state index contributed by atoms with van der Waals surface area (Å²) in [6.07, 6.45) is 1.72. The van der Waals surface area contributed by atoms with E-state index in [9.17, 15) is 14.7 Å². The van der Waals surface area contributed by atoms with Crippen molar-refractivity contribution in [1.29, 1.82) is 0 Å². The van der Waals surface area contributed by atoms with Crippen molar-refractivity contribution in [1.82, 2.24) is 0 Å². The van der Waals surface area contributed by atoms with Crippen LogP contribution >= 0.6 is 0 Å². The van der Waals surface area contributed by atoms with E-state index in [1.54, 1.807) is 37.3 Å². The van der Waals surface area contributed by atoms with E-state index in [0.29, 0.717) is 29.4 Å². The summed E-state index contributed by atoms with van der Waals surface area (Å²) in [6, 6.07) is 15.4. The van der Waals surface area contributed by atoms with E-state index in [1.807, 2.05) is 31.2 Å². The minimum atomic E-state index is -0.864. The molecule has 32 heavy (non-hydrogen) atoms. The van der Waals surface area contributed by atoms with E-state index >= 15 is 0 Å². The average Bonchev–Trinajstić information content (AvgIpc) is 3.34. The molecule has 0 saturated carbocycles. The Morgan fingerprint density at radius 3 is 2.62 bits per heavy atom. The molecule has 1 amide bonds. The number of aryl methyl sites for hydroxylation is 3. The van der Waals surface area contributed by atoms with Crippen LogP contribution in [0.5, 0.6) is 5.75 Å². The van der Waals surface area contributed by atoms with E-state index < -0.39 is 17.7 Å². The van der Waals surface area contributed by atoms with Gasteiger partial charge in [0.15, 0.2) is 0 Å². The van der Waals surface area contributed by atoms with Crippen LogP contribution in [-0.2, 0) is 16.0 Å². The lowest BCUT2D eigenvalue weighted by Crippen LogP contribution is -2.29. The predicted octanol–water partition coefficient (Wildman–Crippen LogP) is 4.85. The van der Waals surface area contributed by atoms with Gasteiger partial charge in [0.25, 0.3) is 11.7 Å². The van der Waals surface area contributed by atoms with Gasteiger partial charge in [-0.1, -0.05) is 18.2 Å². The molecule has 0 bridgehead atoms. The van der Waals surface area contributed by atoms with Crippen LogP contribution in [0.15, 0.2) is 64.6 Å². The van der Waals surface area contributed by atoms with Crippen molar-refractivity contribution in [2.45, 2.75) is 32.7 Å². The van der Waals surface area contributed by atoms with Crippen LogP contribution in [0.2, 0.25) is 0 Å². The second-order valence-corrected chi connectivity index (χ2v) is 8.18. The summed E-state index contributed by atoms with van der Waals surface area (Å²) in [4.78, 5) is 27.8. The van der Waals surface area contributed by atoms with Gasteiger partial charge in [-0.05, 0) is 74.2 Å². The lowest BCUT2D eigenvalue weighted by atomic mass is 9.96. The quantitative estimate of drug-likeness (QED) is 0.366. The van der Waals surface area contributed by atoms with Gasteiger partial charge in [-0.15, -0.1) is 0 Å². The molecule has 2 aromatic carbocycles. The molecule has 1 saturated heterocycles. The van der Waals surface area contributed by atoms with Crippen LogP contribution < -0.4 is 9.64 Å². The Balaban J connectivity index is 1.70. The van der Waals surface area contributed by atoms with Crippen molar-refractivity contribution in [2.75, 3.05) is 11.5 Å². The van der Waals surface area contributed by atoms with Crippen LogP contribution in [-0.4, -0.2) is 23.4 Å². The maximum absolute atomic E-state index is 13.2. The first kappa shape index (κ1) is 20.1. The van der Waals surface area contributed by atoms with Gasteiger partial charge < -0.3 is 14.3 Å². The molecule has 0 spiro atoms. The molecule has 1 N–H and O–H groups in total. The number of para-hydroxylation sites is 1. The molecule has 0 radical (unpaired) electrons. The maximum Gasteiger partial charge on any atom is 0.300 e. The zero-order valence-corrected chi connectivity index (χ0v) is 17.9. The number of carbonyl (C=O) groups excluding carboxylic acids is 2. The minimum Gasteiger partial charge on any atom is -0.507 e. The number of carbonyl (C=O) groups is 2. The average molecular weight is 429 g/mol. The molecule has 162 valence electrons. The SMILES string of the molecule is Cc1ccc(C2/C(=C(/O)c3ccc4c(c3)CCCO4)C(=O)C(=O)N2c2ccccc2C)o1. The maximum atomic E-state index is 13.2. The second-order valence-electron chi connectivity index (χ2n) is 8.18. The molecule has 1 aromatic heterocycles. The molecule has 1 fully saturated rings. The highest BCUT2D eigenvalue weighted by Gasteiger charge is 2.48. The molecule has 1 atom stereocenters. The van der Waals surface area contributed by atoms with E-state index in [2.05, 4.69) is 0 Å². The molecule has 6 heteroatoms. The fourth-order valence-electron chi connectivity index (χ4n) is 4.45. The lowest BCUT2D eigenvalue weighted by molar-refractivity contribution is -0.132. The monoisotopic (exact) mass is 429 g/mol. The summed E-state index contributed by atoms with van der Waals surface area (Å²) in [6.45, 7) is 4.34. The van der Waals surface area contributed by atoms with Gasteiger partial charge >= 0.3 is 0 Å². The van der Waals surface area contributed by atoms with Gasteiger partial charge in [-0.25, -0.2) is 0 Å². The Kier molecular flexibility index (Phi) is 4.85. The Labute approximate surface area is 185 Å². The van der Waals surface area contributed by atoms with Crippen molar-refractivity contribution in [3.05, 3.63) is 88.4 Å². The molecule has 1 unspecified atom stereocenters. The number of nitrogens with zero attached hydrogens (tertiary/aromatic N) is 1. The zero-order chi connectivity index (χ0) is 22.4. The van der Waals surface area contributed by atoms with Crippen LogP contribution in [0.1, 0.15) is 40.7 Å². The number of Topliss-reactive ketones (excluding diaryl/α,β-unsaturated/α-hetero) is 1. The van der Waals surface area contributed by atoms with Gasteiger partial charge in [0.2, 0.25) is 0 Å². The number of rotatable bonds is 3. The summed E-state index contributed by atoms with van der Waals surface area (Å²) < 4.78 is 11.5. The second kappa shape index (κ2) is 7.71. The van der Waals surface area contributed by atoms with E-state index in [1.165, 1.54) is 4.90 Å². The molecular formula is C26H23NO5. The molecular weight excluding hydrogens is 406 g/mol. The van der Waals surface area contributed by atoms with Gasteiger partial charge in [-0.3, -0.25) is 14.5 Å². The molecule has 5 rings (SSSR count). The van der Waals surface area contributed by atoms with Crippen molar-refractivity contribution in [3.8, 4) is 5.75 Å². The minimum absolute atomic E-state index is 0.0179. The number of amides is 1. The van der Waals surface area contributed by atoms with Crippen LogP contribution in [0.4, 0.5) is 5.69 Å². The van der Waals surface area contributed by atoms with Crippen molar-refractivity contribution < 1.29 is 23.8 Å². The van der Waals surface area contributed by atoms with Gasteiger partial charge in [0, 0.05) is 11.3 Å². The number of aliphatic hydroxyl groups is 1. The van der Waals surface area contributed by atoms with Crippen LogP contribution in [0.3, 0.4) is 0 Å². The number of ketones is 1. The first-order valence-electron chi connectivity index (χ1n) is 10.6. The number of hydrogen-bond acceptors (Lipinski definition) is 5. The van der Waals surface area contributed by atoms with Crippen LogP contribution in [0.25, 0.3) is 5.76 Å². The lowest BCUT2D eigenvalue weighted by Gasteiger charge is -2.25. The third-order valence-electron chi connectivity index (χ3n) is 6.03. The highest BCUT2D eigenvalue weighted by Crippen LogP contribution is 2.43. The number of hydrogen-bond donors (Lipinski definition) is 1. The Morgan fingerprint density at radius 1 is 1.06 bits per heavy atom. The Morgan fingerprint density at radius 2 is 1.88 bits per heavy atom. The highest BCUT2D eigenvalue weighted by molar-refractivity contribution is 6.51. The van der Waals surface area contributed by atoms with Gasteiger partial charge in [0.05, 0.1) is 12.2 Å². The summed E-state index contributed by atoms with van der Waals surface area (Å²) in [5, 5.41) is 11.3.